The van der Waals surface area contributed by atoms with Crippen molar-refractivity contribution in [3.63, 3.8) is 0 Å². The van der Waals surface area contributed by atoms with Crippen LogP contribution in [0.1, 0.15) is 56.7 Å². The molecule has 3 aromatic rings. The summed E-state index contributed by atoms with van der Waals surface area (Å²) in [4.78, 5) is 19.3. The molecule has 6 rings (SSSR count). The predicted octanol–water partition coefficient (Wildman–Crippen LogP) is 5.10. The monoisotopic (exact) mass is 530 g/mol. The van der Waals surface area contributed by atoms with Gasteiger partial charge in [0, 0.05) is 62.1 Å². The van der Waals surface area contributed by atoms with Crippen molar-refractivity contribution in [2.75, 3.05) is 56.7 Å². The standard InChI is InChI=1S/C31H42N6O2/c1-22-10-16-36(21-22)15-5-19-39-28-20-27-30(35-31(28)38-2)29(25-6-3-4-7-26(25)34-27)33-23-11-17-37(18-12-23)24-8-13-32-14-9-24/h8-9,13-14,20,22-23H,3-7,10-12,15-19,21H2,1-2H3,(H,33,34). The highest BCUT2D eigenvalue weighted by Gasteiger charge is 2.26. The van der Waals surface area contributed by atoms with Gasteiger partial charge in [0.05, 0.1) is 24.9 Å². The van der Waals surface area contributed by atoms with Crippen LogP contribution in [0.25, 0.3) is 11.0 Å². The van der Waals surface area contributed by atoms with Crippen LogP contribution in [0, 0.1) is 5.92 Å². The molecule has 1 N–H and O–H groups in total. The highest BCUT2D eigenvalue weighted by atomic mass is 16.5. The Morgan fingerprint density at radius 3 is 2.62 bits per heavy atom. The number of rotatable bonds is 9. The molecule has 0 radical (unpaired) electrons. The number of pyridine rings is 3. The Morgan fingerprint density at radius 1 is 1.03 bits per heavy atom. The fraction of sp³-hybridized carbons (Fsp3) is 0.581. The van der Waals surface area contributed by atoms with Crippen LogP contribution in [0.15, 0.2) is 30.6 Å². The molecule has 1 unspecified atom stereocenters. The lowest BCUT2D eigenvalue weighted by Crippen LogP contribution is -2.39. The fourth-order valence-electron chi connectivity index (χ4n) is 6.45. The molecule has 39 heavy (non-hydrogen) atoms. The number of nitrogens with zero attached hydrogens (tertiary/aromatic N) is 5. The van der Waals surface area contributed by atoms with E-state index in [2.05, 4.69) is 39.2 Å². The highest BCUT2D eigenvalue weighted by molar-refractivity contribution is 5.91. The van der Waals surface area contributed by atoms with E-state index in [0.717, 1.165) is 74.4 Å². The van der Waals surface area contributed by atoms with Crippen LogP contribution in [0.3, 0.4) is 0 Å². The first-order valence-electron chi connectivity index (χ1n) is 14.8. The predicted molar refractivity (Wildman–Crippen MR) is 156 cm³/mol. The number of methoxy groups -OCH3 is 1. The van der Waals surface area contributed by atoms with Crippen molar-refractivity contribution in [1.29, 1.82) is 0 Å². The number of anilines is 2. The average molecular weight is 531 g/mol. The van der Waals surface area contributed by atoms with Crippen molar-refractivity contribution in [1.82, 2.24) is 19.9 Å². The third-order valence-corrected chi connectivity index (χ3v) is 8.62. The van der Waals surface area contributed by atoms with Gasteiger partial charge < -0.3 is 24.6 Å². The number of hydrogen-bond donors (Lipinski definition) is 1. The number of piperidine rings is 1. The minimum Gasteiger partial charge on any atom is -0.488 e. The van der Waals surface area contributed by atoms with Gasteiger partial charge >= 0.3 is 0 Å². The van der Waals surface area contributed by atoms with E-state index in [1.807, 2.05) is 18.5 Å². The van der Waals surface area contributed by atoms with Crippen molar-refractivity contribution in [3.8, 4) is 11.6 Å². The zero-order valence-corrected chi connectivity index (χ0v) is 23.5. The van der Waals surface area contributed by atoms with Crippen LogP contribution in [0.4, 0.5) is 11.4 Å². The minimum absolute atomic E-state index is 0.400. The molecule has 1 atom stereocenters. The molecule has 0 aromatic carbocycles. The summed E-state index contributed by atoms with van der Waals surface area (Å²) < 4.78 is 12.0. The largest absolute Gasteiger partial charge is 0.488 e. The normalized spacial score (nSPS) is 20.3. The maximum Gasteiger partial charge on any atom is 0.257 e. The summed E-state index contributed by atoms with van der Waals surface area (Å²) in [5, 5.41) is 3.94. The number of ether oxygens (including phenoxy) is 2. The van der Waals surface area contributed by atoms with Gasteiger partial charge in [-0.2, -0.15) is 0 Å². The first-order chi connectivity index (χ1) is 19.2. The first kappa shape index (κ1) is 26.1. The molecule has 2 saturated heterocycles. The summed E-state index contributed by atoms with van der Waals surface area (Å²) in [6.45, 7) is 8.52. The first-order valence-corrected chi connectivity index (χ1v) is 14.8. The Morgan fingerprint density at radius 2 is 1.85 bits per heavy atom. The molecule has 2 aliphatic heterocycles. The van der Waals surface area contributed by atoms with E-state index >= 15 is 0 Å². The van der Waals surface area contributed by atoms with Gasteiger partial charge in [0.2, 0.25) is 0 Å². The number of aromatic nitrogens is 3. The third kappa shape index (κ3) is 5.91. The molecule has 208 valence electrons. The van der Waals surface area contributed by atoms with Crippen molar-refractivity contribution in [2.24, 2.45) is 5.92 Å². The van der Waals surface area contributed by atoms with Crippen LogP contribution in [-0.2, 0) is 12.8 Å². The Labute approximate surface area is 232 Å². The van der Waals surface area contributed by atoms with Crippen LogP contribution in [-0.4, -0.2) is 72.3 Å². The van der Waals surface area contributed by atoms with Gasteiger partial charge in [-0.3, -0.25) is 9.97 Å². The van der Waals surface area contributed by atoms with E-state index in [9.17, 15) is 0 Å². The second-order valence-electron chi connectivity index (χ2n) is 11.5. The molecule has 2 fully saturated rings. The summed E-state index contributed by atoms with van der Waals surface area (Å²) in [5.74, 6) is 2.05. The molecule has 8 nitrogen and oxygen atoms in total. The minimum atomic E-state index is 0.400. The second kappa shape index (κ2) is 11.9. The summed E-state index contributed by atoms with van der Waals surface area (Å²) in [5.41, 5.74) is 6.77. The SMILES string of the molecule is COc1nc2c(NC3CCN(c4ccncc4)CC3)c3c(nc2cc1OCCCN1CCC(C)C1)CCCC3. The van der Waals surface area contributed by atoms with Crippen molar-refractivity contribution in [3.05, 3.63) is 41.9 Å². The molecular formula is C31H42N6O2. The van der Waals surface area contributed by atoms with Crippen LogP contribution in [0.2, 0.25) is 0 Å². The van der Waals surface area contributed by atoms with Gasteiger partial charge in [-0.25, -0.2) is 4.98 Å². The molecular weight excluding hydrogens is 488 g/mol. The summed E-state index contributed by atoms with van der Waals surface area (Å²) >= 11 is 0. The Hall–Kier alpha value is -3.13. The van der Waals surface area contributed by atoms with Gasteiger partial charge in [0.15, 0.2) is 5.75 Å². The van der Waals surface area contributed by atoms with Gasteiger partial charge in [0.1, 0.15) is 5.52 Å². The van der Waals surface area contributed by atoms with Gasteiger partial charge in [-0.05, 0) is 81.5 Å². The van der Waals surface area contributed by atoms with E-state index in [1.165, 1.54) is 49.3 Å². The smallest absolute Gasteiger partial charge is 0.257 e. The highest BCUT2D eigenvalue weighted by Crippen LogP contribution is 2.38. The molecule has 3 aliphatic rings. The van der Waals surface area contributed by atoms with E-state index in [0.29, 0.717) is 24.3 Å². The van der Waals surface area contributed by atoms with E-state index in [4.69, 9.17) is 19.4 Å². The number of hydrogen-bond acceptors (Lipinski definition) is 8. The molecule has 0 spiro atoms. The van der Waals surface area contributed by atoms with Gasteiger partial charge in [-0.1, -0.05) is 6.92 Å². The lowest BCUT2D eigenvalue weighted by molar-refractivity contribution is 0.249. The molecule has 0 saturated carbocycles. The van der Waals surface area contributed by atoms with Gasteiger partial charge in [-0.15, -0.1) is 0 Å². The fourth-order valence-corrected chi connectivity index (χ4v) is 6.45. The van der Waals surface area contributed by atoms with E-state index in [-0.39, 0.29) is 0 Å². The number of likely N-dealkylation sites (tertiary alicyclic amines) is 1. The molecule has 1 aliphatic carbocycles. The number of nitrogens with one attached hydrogen (secondary N) is 1. The van der Waals surface area contributed by atoms with Crippen molar-refractivity contribution < 1.29 is 9.47 Å². The zero-order valence-electron chi connectivity index (χ0n) is 23.5. The Balaban J connectivity index is 1.20. The second-order valence-corrected chi connectivity index (χ2v) is 11.5. The summed E-state index contributed by atoms with van der Waals surface area (Å²) in [6, 6.07) is 6.65. The van der Waals surface area contributed by atoms with Crippen molar-refractivity contribution in [2.45, 2.75) is 64.3 Å². The number of fused-ring (bicyclic) bond motifs is 2. The van der Waals surface area contributed by atoms with Crippen molar-refractivity contribution >= 4 is 22.4 Å². The zero-order chi connectivity index (χ0) is 26.6. The maximum absolute atomic E-state index is 6.23. The van der Waals surface area contributed by atoms with E-state index in [1.54, 1.807) is 7.11 Å². The quantitative estimate of drug-likeness (QED) is 0.383. The molecule has 0 amide bonds. The Kier molecular flexibility index (Phi) is 8.00. The third-order valence-electron chi connectivity index (χ3n) is 8.62. The van der Waals surface area contributed by atoms with E-state index < -0.39 is 0 Å². The molecule has 8 heteroatoms. The molecule has 3 aromatic heterocycles. The Bertz CT molecular complexity index is 1260. The molecule has 5 heterocycles. The van der Waals surface area contributed by atoms with Crippen LogP contribution in [0.5, 0.6) is 11.6 Å². The summed E-state index contributed by atoms with van der Waals surface area (Å²) in [6.07, 6.45) is 12.7. The lowest BCUT2D eigenvalue weighted by Gasteiger charge is -2.35. The maximum atomic E-state index is 6.23. The van der Waals surface area contributed by atoms with Crippen LogP contribution >= 0.6 is 0 Å². The lowest BCUT2D eigenvalue weighted by atomic mass is 9.93. The van der Waals surface area contributed by atoms with Crippen LogP contribution < -0.4 is 19.7 Å². The number of aryl methyl sites for hydroxylation is 1. The van der Waals surface area contributed by atoms with Gasteiger partial charge in [0.25, 0.3) is 5.88 Å². The topological polar surface area (TPSA) is 75.6 Å². The summed E-state index contributed by atoms with van der Waals surface area (Å²) in [7, 11) is 1.68. The molecule has 0 bridgehead atoms. The average Bonchev–Trinajstić information content (AvgIpc) is 3.40.